The lowest BCUT2D eigenvalue weighted by atomic mass is 9.81. The minimum Gasteiger partial charge on any atom is -0.495 e. The summed E-state index contributed by atoms with van der Waals surface area (Å²) < 4.78 is 15.3. The number of esters is 1. The number of para-hydroxylation sites is 2. The van der Waals surface area contributed by atoms with Gasteiger partial charge in [-0.2, -0.15) is 4.98 Å². The average molecular weight is 456 g/mol. The van der Waals surface area contributed by atoms with Crippen molar-refractivity contribution in [1.29, 1.82) is 0 Å². The van der Waals surface area contributed by atoms with E-state index >= 15 is 0 Å². The Morgan fingerprint density at radius 2 is 1.85 bits per heavy atom. The number of anilines is 1. The molecule has 0 unspecified atom stereocenters. The van der Waals surface area contributed by atoms with E-state index in [0.717, 1.165) is 17.7 Å². The maximum Gasteiger partial charge on any atom is 0.326 e. The van der Waals surface area contributed by atoms with Crippen LogP contribution < -0.4 is 10.1 Å². The number of carbonyl (C=O) groups is 4. The average Bonchev–Trinajstić information content (AvgIpc) is 3.36. The van der Waals surface area contributed by atoms with Crippen molar-refractivity contribution >= 4 is 29.4 Å². The van der Waals surface area contributed by atoms with Crippen LogP contribution in [0.4, 0.5) is 5.69 Å². The van der Waals surface area contributed by atoms with Crippen molar-refractivity contribution in [2.75, 3.05) is 19.0 Å². The summed E-state index contributed by atoms with van der Waals surface area (Å²) in [4.78, 5) is 54.3. The second kappa shape index (κ2) is 9.80. The van der Waals surface area contributed by atoms with Gasteiger partial charge in [0.25, 0.3) is 5.89 Å². The van der Waals surface area contributed by atoms with Gasteiger partial charge < -0.3 is 19.3 Å². The van der Waals surface area contributed by atoms with E-state index in [1.54, 1.807) is 24.3 Å². The Morgan fingerprint density at radius 1 is 1.15 bits per heavy atom. The van der Waals surface area contributed by atoms with Crippen LogP contribution in [0.2, 0.25) is 0 Å². The third-order valence-electron chi connectivity index (χ3n) is 5.79. The molecular formula is C22H24N4O7. The number of carbonyl (C=O) groups excluding carboxylic acids is 4. The van der Waals surface area contributed by atoms with Crippen molar-refractivity contribution in [2.24, 2.45) is 11.8 Å². The quantitative estimate of drug-likeness (QED) is 0.462. The number of amides is 3. The van der Waals surface area contributed by atoms with Crippen molar-refractivity contribution in [3.05, 3.63) is 36.0 Å². The fraction of sp³-hybridized carbons (Fsp3) is 0.455. The van der Waals surface area contributed by atoms with E-state index in [1.165, 1.54) is 7.11 Å². The van der Waals surface area contributed by atoms with Crippen LogP contribution in [-0.4, -0.2) is 52.4 Å². The monoisotopic (exact) mass is 456 g/mol. The van der Waals surface area contributed by atoms with Crippen LogP contribution in [0, 0.1) is 11.8 Å². The fourth-order valence-electron chi connectivity index (χ4n) is 4.21. The Hall–Kier alpha value is -3.76. The molecule has 1 saturated heterocycles. The van der Waals surface area contributed by atoms with Crippen molar-refractivity contribution in [3.8, 4) is 5.75 Å². The van der Waals surface area contributed by atoms with Crippen molar-refractivity contribution < 1.29 is 33.2 Å². The lowest BCUT2D eigenvalue weighted by molar-refractivity contribution is -0.154. The van der Waals surface area contributed by atoms with Gasteiger partial charge >= 0.3 is 5.97 Å². The van der Waals surface area contributed by atoms with Gasteiger partial charge in [0.05, 0.1) is 31.1 Å². The zero-order chi connectivity index (χ0) is 23.4. The Kier molecular flexibility index (Phi) is 6.66. The number of nitrogens with zero attached hydrogens (tertiary/aromatic N) is 3. The normalized spacial score (nSPS) is 19.8. The van der Waals surface area contributed by atoms with Crippen LogP contribution in [0.3, 0.4) is 0 Å². The number of rotatable bonds is 8. The van der Waals surface area contributed by atoms with E-state index in [2.05, 4.69) is 15.5 Å². The molecule has 11 nitrogen and oxygen atoms in total. The Bertz CT molecular complexity index is 1040. The summed E-state index contributed by atoms with van der Waals surface area (Å²) in [6.45, 7) is -0.768. The molecule has 1 aromatic heterocycles. The SMILES string of the molecule is COc1ccccc1NC(=O)Cc1noc(COC(=O)CN2C(=O)[C@@H]3CCCC[C@H]3C2=O)n1. The lowest BCUT2D eigenvalue weighted by Gasteiger charge is -2.19. The molecule has 174 valence electrons. The number of hydrogen-bond acceptors (Lipinski definition) is 9. The van der Waals surface area contributed by atoms with Crippen molar-refractivity contribution in [1.82, 2.24) is 15.0 Å². The van der Waals surface area contributed by atoms with E-state index in [1.807, 2.05) is 0 Å². The molecule has 1 aliphatic heterocycles. The zero-order valence-electron chi connectivity index (χ0n) is 18.1. The molecule has 2 heterocycles. The van der Waals surface area contributed by atoms with Gasteiger partial charge in [0, 0.05) is 0 Å². The summed E-state index contributed by atoms with van der Waals surface area (Å²) >= 11 is 0. The highest BCUT2D eigenvalue weighted by atomic mass is 16.6. The Morgan fingerprint density at radius 3 is 2.55 bits per heavy atom. The highest BCUT2D eigenvalue weighted by Crippen LogP contribution is 2.37. The number of nitrogens with one attached hydrogen (secondary N) is 1. The molecule has 2 fully saturated rings. The third kappa shape index (κ3) is 5.02. The zero-order valence-corrected chi connectivity index (χ0v) is 18.1. The second-order valence-electron chi connectivity index (χ2n) is 7.95. The molecule has 0 radical (unpaired) electrons. The lowest BCUT2D eigenvalue weighted by Crippen LogP contribution is -2.36. The number of imide groups is 1. The first-order valence-electron chi connectivity index (χ1n) is 10.7. The minimum atomic E-state index is -0.746. The van der Waals surface area contributed by atoms with E-state index < -0.39 is 12.5 Å². The maximum atomic E-state index is 12.4. The first-order valence-corrected chi connectivity index (χ1v) is 10.7. The molecule has 1 aliphatic carbocycles. The Labute approximate surface area is 189 Å². The molecule has 2 aromatic rings. The van der Waals surface area contributed by atoms with Gasteiger partial charge in [-0.15, -0.1) is 0 Å². The summed E-state index contributed by atoms with van der Waals surface area (Å²) in [6.07, 6.45) is 3.02. The molecule has 1 N–H and O–H groups in total. The number of hydrogen-bond donors (Lipinski definition) is 1. The van der Waals surface area contributed by atoms with Crippen LogP contribution in [-0.2, 0) is 36.9 Å². The summed E-state index contributed by atoms with van der Waals surface area (Å²) in [6, 6.07) is 6.95. The van der Waals surface area contributed by atoms with E-state index in [9.17, 15) is 19.2 Å². The second-order valence-corrected chi connectivity index (χ2v) is 7.95. The van der Waals surface area contributed by atoms with Crippen molar-refractivity contribution in [2.45, 2.75) is 38.7 Å². The van der Waals surface area contributed by atoms with Gasteiger partial charge in [-0.25, -0.2) is 0 Å². The largest absolute Gasteiger partial charge is 0.495 e. The predicted octanol–water partition coefficient (Wildman–Crippen LogP) is 1.48. The first-order chi connectivity index (χ1) is 16.0. The van der Waals surface area contributed by atoms with Crippen LogP contribution in [0.25, 0.3) is 0 Å². The number of fused-ring (bicyclic) bond motifs is 1. The molecule has 11 heteroatoms. The molecule has 0 bridgehead atoms. The smallest absolute Gasteiger partial charge is 0.326 e. The van der Waals surface area contributed by atoms with E-state index in [4.69, 9.17) is 14.0 Å². The number of aromatic nitrogens is 2. The van der Waals surface area contributed by atoms with Crippen LogP contribution in [0.1, 0.15) is 37.4 Å². The number of ether oxygens (including phenoxy) is 2. The maximum absolute atomic E-state index is 12.4. The van der Waals surface area contributed by atoms with Crippen LogP contribution in [0.5, 0.6) is 5.75 Å². The van der Waals surface area contributed by atoms with Gasteiger partial charge in [0.15, 0.2) is 12.4 Å². The molecule has 3 amide bonds. The first kappa shape index (κ1) is 22.4. The van der Waals surface area contributed by atoms with Gasteiger partial charge in [0.2, 0.25) is 17.7 Å². The fourth-order valence-corrected chi connectivity index (χ4v) is 4.21. The Balaban J connectivity index is 1.26. The van der Waals surface area contributed by atoms with Gasteiger partial charge in [-0.1, -0.05) is 30.1 Å². The standard InChI is InChI=1S/C22H24N4O7/c1-31-16-9-5-4-8-15(16)23-18(27)10-17-24-19(33-25-17)12-32-20(28)11-26-21(29)13-6-2-3-7-14(13)22(26)30/h4-5,8-9,13-14H,2-3,6-7,10-12H2,1H3,(H,23,27)/t13-,14-/m1/s1. The summed E-state index contributed by atoms with van der Waals surface area (Å²) in [7, 11) is 1.50. The molecule has 33 heavy (non-hydrogen) atoms. The topological polar surface area (TPSA) is 141 Å². The van der Waals surface area contributed by atoms with E-state index in [0.29, 0.717) is 24.3 Å². The highest BCUT2D eigenvalue weighted by molar-refractivity contribution is 6.07. The number of methoxy groups -OCH3 is 1. The molecule has 1 aromatic carbocycles. The van der Waals surface area contributed by atoms with Gasteiger partial charge in [0.1, 0.15) is 12.3 Å². The van der Waals surface area contributed by atoms with Crippen LogP contribution in [0.15, 0.2) is 28.8 Å². The van der Waals surface area contributed by atoms with Gasteiger partial charge in [-0.05, 0) is 25.0 Å². The summed E-state index contributed by atoms with van der Waals surface area (Å²) in [5.74, 6) is -1.75. The highest BCUT2D eigenvalue weighted by Gasteiger charge is 2.48. The molecule has 1 saturated carbocycles. The van der Waals surface area contributed by atoms with Crippen molar-refractivity contribution in [3.63, 3.8) is 0 Å². The number of benzene rings is 1. The number of likely N-dealkylation sites (tertiary alicyclic amines) is 1. The minimum absolute atomic E-state index is 0.00353. The third-order valence-corrected chi connectivity index (χ3v) is 5.79. The molecular weight excluding hydrogens is 432 g/mol. The summed E-state index contributed by atoms with van der Waals surface area (Å²) in [5, 5.41) is 6.41. The molecule has 2 aliphatic rings. The van der Waals surface area contributed by atoms with E-state index in [-0.39, 0.29) is 54.3 Å². The summed E-state index contributed by atoms with van der Waals surface area (Å²) in [5.41, 5.74) is 0.508. The molecule has 0 spiro atoms. The molecule has 4 rings (SSSR count). The molecule has 2 atom stereocenters. The van der Waals surface area contributed by atoms with Gasteiger partial charge in [-0.3, -0.25) is 24.1 Å². The van der Waals surface area contributed by atoms with Crippen LogP contribution >= 0.6 is 0 Å². The predicted molar refractivity (Wildman–Crippen MR) is 112 cm³/mol.